The van der Waals surface area contributed by atoms with Gasteiger partial charge in [0.1, 0.15) is 10.8 Å². The van der Waals surface area contributed by atoms with Crippen LogP contribution in [0.5, 0.6) is 5.75 Å². The highest BCUT2D eigenvalue weighted by Gasteiger charge is 2.42. The van der Waals surface area contributed by atoms with Crippen molar-refractivity contribution in [1.29, 1.82) is 0 Å². The van der Waals surface area contributed by atoms with Gasteiger partial charge in [0.2, 0.25) is 0 Å². The van der Waals surface area contributed by atoms with Crippen LogP contribution in [-0.4, -0.2) is 55.8 Å². The van der Waals surface area contributed by atoms with Crippen LogP contribution in [0.3, 0.4) is 0 Å². The largest absolute Gasteiger partial charge is 0.497 e. The zero-order valence-electron chi connectivity index (χ0n) is 17.0. The van der Waals surface area contributed by atoms with Gasteiger partial charge in [0.15, 0.2) is 5.96 Å². The van der Waals surface area contributed by atoms with Crippen molar-refractivity contribution in [3.8, 4) is 16.3 Å². The van der Waals surface area contributed by atoms with Crippen molar-refractivity contribution in [2.24, 2.45) is 10.4 Å². The first-order valence-electron chi connectivity index (χ1n) is 9.91. The van der Waals surface area contributed by atoms with Gasteiger partial charge in [-0.3, -0.25) is 0 Å². The highest BCUT2D eigenvalue weighted by atomic mass is 127. The minimum atomic E-state index is 0. The van der Waals surface area contributed by atoms with Gasteiger partial charge < -0.3 is 19.7 Å². The molecule has 2 saturated heterocycles. The number of halogens is 1. The Hall–Kier alpha value is -1.39. The number of aliphatic imine (C=N–C) groups is 1. The maximum atomic E-state index is 5.66. The number of methoxy groups -OCH3 is 1. The van der Waals surface area contributed by atoms with Crippen LogP contribution in [0.4, 0.5) is 0 Å². The third-order valence-electron chi connectivity index (χ3n) is 5.54. The van der Waals surface area contributed by atoms with Crippen LogP contribution < -0.4 is 10.1 Å². The van der Waals surface area contributed by atoms with Crippen LogP contribution in [0, 0.1) is 5.41 Å². The van der Waals surface area contributed by atoms with Gasteiger partial charge in [-0.2, -0.15) is 0 Å². The topological polar surface area (TPSA) is 59.0 Å². The number of likely N-dealkylation sites (tertiary alicyclic amines) is 1. The van der Waals surface area contributed by atoms with Crippen LogP contribution in [0.1, 0.15) is 25.5 Å². The Morgan fingerprint density at radius 2 is 2.17 bits per heavy atom. The van der Waals surface area contributed by atoms with Gasteiger partial charge >= 0.3 is 0 Å². The molecule has 2 aliphatic rings. The summed E-state index contributed by atoms with van der Waals surface area (Å²) in [7, 11) is 1.68. The quantitative estimate of drug-likeness (QED) is 0.361. The maximum Gasteiger partial charge on any atom is 0.194 e. The van der Waals surface area contributed by atoms with E-state index in [2.05, 4.69) is 22.5 Å². The van der Waals surface area contributed by atoms with Gasteiger partial charge in [-0.05, 0) is 44.0 Å². The average molecular weight is 528 g/mol. The van der Waals surface area contributed by atoms with Crippen molar-refractivity contribution in [3.63, 3.8) is 0 Å². The first-order chi connectivity index (χ1) is 13.7. The second-order valence-corrected chi connectivity index (χ2v) is 8.37. The third-order valence-corrected chi connectivity index (χ3v) is 6.48. The lowest BCUT2D eigenvalue weighted by Crippen LogP contribution is -2.41. The molecule has 0 radical (unpaired) electrons. The minimum Gasteiger partial charge on any atom is -0.497 e. The molecule has 1 N–H and O–H groups in total. The maximum absolute atomic E-state index is 5.66. The molecule has 4 rings (SSSR count). The Bertz CT molecular complexity index is 818. The number of hydrogen-bond donors (Lipinski definition) is 1. The molecule has 3 heterocycles. The molecule has 0 aliphatic carbocycles. The summed E-state index contributed by atoms with van der Waals surface area (Å²) in [6.07, 6.45) is 2.36. The standard InChI is InChI=1S/C21H28N4O2S.HI/c1-3-22-20(25-10-8-21(14-25)9-11-27-15-21)23-12-17-13-28-19(24-17)16-4-6-18(26-2)7-5-16;/h4-7,13H,3,8-12,14-15H2,1-2H3,(H,22,23);1H. The number of aromatic nitrogens is 1. The van der Waals surface area contributed by atoms with E-state index in [0.717, 1.165) is 60.8 Å². The molecule has 1 unspecified atom stereocenters. The molecule has 1 spiro atoms. The molecular weight excluding hydrogens is 499 g/mol. The molecule has 1 aromatic carbocycles. The van der Waals surface area contributed by atoms with Gasteiger partial charge in [0.05, 0.1) is 26.0 Å². The Kier molecular flexibility index (Phi) is 7.75. The summed E-state index contributed by atoms with van der Waals surface area (Å²) in [5.74, 6) is 1.85. The molecule has 158 valence electrons. The molecule has 29 heavy (non-hydrogen) atoms. The lowest BCUT2D eigenvalue weighted by Gasteiger charge is -2.24. The fourth-order valence-electron chi connectivity index (χ4n) is 3.91. The number of ether oxygens (including phenoxy) is 2. The summed E-state index contributed by atoms with van der Waals surface area (Å²) in [6, 6.07) is 8.02. The lowest BCUT2D eigenvalue weighted by molar-refractivity contribution is 0.156. The normalized spacial score (nSPS) is 21.4. The van der Waals surface area contributed by atoms with Crippen LogP contribution in [0.2, 0.25) is 0 Å². The van der Waals surface area contributed by atoms with Crippen LogP contribution in [-0.2, 0) is 11.3 Å². The number of rotatable bonds is 5. The Labute approximate surface area is 193 Å². The first kappa shape index (κ1) is 22.3. The van der Waals surface area contributed by atoms with Crippen LogP contribution in [0.15, 0.2) is 34.6 Å². The minimum absolute atomic E-state index is 0. The predicted molar refractivity (Wildman–Crippen MR) is 128 cm³/mol. The van der Waals surface area contributed by atoms with Crippen LogP contribution in [0.25, 0.3) is 10.6 Å². The highest BCUT2D eigenvalue weighted by molar-refractivity contribution is 14.0. The van der Waals surface area contributed by atoms with E-state index in [1.54, 1.807) is 18.4 Å². The number of guanidine groups is 1. The SMILES string of the molecule is CCNC(=NCc1csc(-c2ccc(OC)cc2)n1)N1CCC2(CCOC2)C1.I. The van der Waals surface area contributed by atoms with E-state index in [9.17, 15) is 0 Å². The van der Waals surface area contributed by atoms with Crippen molar-refractivity contribution < 1.29 is 9.47 Å². The fraction of sp³-hybridized carbons (Fsp3) is 0.524. The molecule has 0 amide bonds. The average Bonchev–Trinajstić information content (AvgIpc) is 3.48. The number of thiazole rings is 1. The highest BCUT2D eigenvalue weighted by Crippen LogP contribution is 2.38. The van der Waals surface area contributed by atoms with Crippen molar-refractivity contribution >= 4 is 41.3 Å². The zero-order valence-corrected chi connectivity index (χ0v) is 20.2. The molecule has 1 atom stereocenters. The van der Waals surface area contributed by atoms with Gasteiger partial charge in [-0.1, -0.05) is 0 Å². The van der Waals surface area contributed by atoms with E-state index in [-0.39, 0.29) is 24.0 Å². The van der Waals surface area contributed by atoms with E-state index in [1.807, 2.05) is 24.3 Å². The summed E-state index contributed by atoms with van der Waals surface area (Å²) in [4.78, 5) is 12.0. The van der Waals surface area contributed by atoms with E-state index < -0.39 is 0 Å². The Morgan fingerprint density at radius 1 is 1.34 bits per heavy atom. The first-order valence-corrected chi connectivity index (χ1v) is 10.8. The van der Waals surface area contributed by atoms with E-state index in [4.69, 9.17) is 19.5 Å². The summed E-state index contributed by atoms with van der Waals surface area (Å²) in [5, 5.41) is 6.56. The second-order valence-electron chi connectivity index (χ2n) is 7.52. The van der Waals surface area contributed by atoms with E-state index in [0.29, 0.717) is 12.0 Å². The van der Waals surface area contributed by atoms with Gasteiger partial charge in [0.25, 0.3) is 0 Å². The molecule has 6 nitrogen and oxygen atoms in total. The van der Waals surface area contributed by atoms with Crippen molar-refractivity contribution in [3.05, 3.63) is 35.3 Å². The summed E-state index contributed by atoms with van der Waals surface area (Å²) in [6.45, 7) is 7.44. The number of nitrogens with zero attached hydrogens (tertiary/aromatic N) is 3. The smallest absolute Gasteiger partial charge is 0.194 e. The summed E-state index contributed by atoms with van der Waals surface area (Å²) >= 11 is 1.66. The predicted octanol–water partition coefficient (Wildman–Crippen LogP) is 4.01. The molecular formula is C21H29IN4O2S. The fourth-order valence-corrected chi connectivity index (χ4v) is 4.73. The number of benzene rings is 1. The molecule has 2 aliphatic heterocycles. The van der Waals surface area contributed by atoms with Gasteiger partial charge in [-0.15, -0.1) is 35.3 Å². The van der Waals surface area contributed by atoms with E-state index >= 15 is 0 Å². The molecule has 2 aromatic rings. The van der Waals surface area contributed by atoms with Crippen molar-refractivity contribution in [2.45, 2.75) is 26.3 Å². The number of hydrogen-bond acceptors (Lipinski definition) is 5. The molecule has 0 bridgehead atoms. The Morgan fingerprint density at radius 3 is 2.86 bits per heavy atom. The van der Waals surface area contributed by atoms with E-state index in [1.165, 1.54) is 12.8 Å². The van der Waals surface area contributed by atoms with Gasteiger partial charge in [0, 0.05) is 42.6 Å². The number of nitrogens with one attached hydrogen (secondary N) is 1. The van der Waals surface area contributed by atoms with Crippen LogP contribution >= 0.6 is 35.3 Å². The summed E-state index contributed by atoms with van der Waals surface area (Å²) < 4.78 is 10.9. The van der Waals surface area contributed by atoms with Gasteiger partial charge in [-0.25, -0.2) is 9.98 Å². The monoisotopic (exact) mass is 528 g/mol. The molecule has 2 fully saturated rings. The molecule has 1 aromatic heterocycles. The van der Waals surface area contributed by atoms with Crippen molar-refractivity contribution in [2.75, 3.05) is 40.0 Å². The third kappa shape index (κ3) is 5.21. The Balaban J connectivity index is 0.00000240. The zero-order chi connectivity index (χ0) is 19.4. The lowest BCUT2D eigenvalue weighted by atomic mass is 9.87. The molecule has 8 heteroatoms. The molecule has 0 saturated carbocycles. The van der Waals surface area contributed by atoms with Crippen molar-refractivity contribution in [1.82, 2.24) is 15.2 Å². The summed E-state index contributed by atoms with van der Waals surface area (Å²) in [5.41, 5.74) is 2.44. The second kappa shape index (κ2) is 10.1.